The first kappa shape index (κ1) is 19.1. The van der Waals surface area contributed by atoms with Crippen molar-refractivity contribution in [3.05, 3.63) is 76.9 Å². The summed E-state index contributed by atoms with van der Waals surface area (Å²) in [7, 11) is -3.73. The second kappa shape index (κ2) is 7.52. The fraction of sp³-hybridized carbons (Fsp3) is 0.250. The molecule has 1 heterocycles. The number of benzene rings is 2. The summed E-state index contributed by atoms with van der Waals surface area (Å²) in [6, 6.07) is 13.3. The van der Waals surface area contributed by atoms with E-state index in [0.29, 0.717) is 22.6 Å². The van der Waals surface area contributed by atoms with E-state index in [1.807, 2.05) is 6.92 Å². The molecule has 0 bridgehead atoms. The van der Waals surface area contributed by atoms with E-state index in [-0.39, 0.29) is 17.3 Å². The van der Waals surface area contributed by atoms with Gasteiger partial charge in [-0.2, -0.15) is 5.10 Å². The highest BCUT2D eigenvalue weighted by Gasteiger charge is 2.20. The van der Waals surface area contributed by atoms with Crippen molar-refractivity contribution in [3.8, 4) is 0 Å². The standard InChI is InChI=1S/C20H22FN3O2S/c1-4-16-9-11-18(12-10-16)27(25,26)23-20-14(2)22-24(15(20)3)13-17-7-5-6-8-19(17)21/h5-12,23H,4,13H2,1-3H3. The smallest absolute Gasteiger partial charge is 0.262 e. The summed E-state index contributed by atoms with van der Waals surface area (Å²) in [5, 5.41) is 4.37. The number of hydrogen-bond donors (Lipinski definition) is 1. The minimum absolute atomic E-state index is 0.195. The molecule has 0 fully saturated rings. The van der Waals surface area contributed by atoms with Gasteiger partial charge in [-0.05, 0) is 44.0 Å². The zero-order valence-corrected chi connectivity index (χ0v) is 16.3. The number of rotatable bonds is 6. The number of aryl methyl sites for hydroxylation is 2. The molecule has 1 N–H and O–H groups in total. The Balaban J connectivity index is 1.89. The summed E-state index contributed by atoms with van der Waals surface area (Å²) in [6.45, 7) is 5.73. The van der Waals surface area contributed by atoms with Crippen LogP contribution in [0.25, 0.3) is 0 Å². The largest absolute Gasteiger partial charge is 0.276 e. The Morgan fingerprint density at radius 2 is 1.74 bits per heavy atom. The number of nitrogens with zero attached hydrogens (tertiary/aromatic N) is 2. The number of hydrogen-bond acceptors (Lipinski definition) is 3. The molecule has 7 heteroatoms. The second-order valence-electron chi connectivity index (χ2n) is 6.40. The monoisotopic (exact) mass is 387 g/mol. The lowest BCUT2D eigenvalue weighted by Crippen LogP contribution is -2.14. The molecule has 142 valence electrons. The van der Waals surface area contributed by atoms with Gasteiger partial charge in [0.05, 0.1) is 28.5 Å². The summed E-state index contributed by atoms with van der Waals surface area (Å²) in [4.78, 5) is 0.195. The quantitative estimate of drug-likeness (QED) is 0.694. The van der Waals surface area contributed by atoms with Crippen molar-refractivity contribution in [2.24, 2.45) is 0 Å². The number of halogens is 1. The van der Waals surface area contributed by atoms with Crippen LogP contribution in [0.1, 0.15) is 29.4 Å². The van der Waals surface area contributed by atoms with E-state index in [0.717, 1.165) is 12.0 Å². The van der Waals surface area contributed by atoms with E-state index in [4.69, 9.17) is 0 Å². The molecule has 0 aliphatic heterocycles. The normalized spacial score (nSPS) is 11.6. The van der Waals surface area contributed by atoms with E-state index in [1.54, 1.807) is 61.0 Å². The Morgan fingerprint density at radius 1 is 1.07 bits per heavy atom. The average molecular weight is 387 g/mol. The predicted octanol–water partition coefficient (Wildman–Crippen LogP) is 4.05. The Labute approximate surface area is 158 Å². The minimum Gasteiger partial charge on any atom is -0.276 e. The van der Waals surface area contributed by atoms with Crippen LogP contribution in [-0.2, 0) is 23.0 Å². The molecular formula is C20H22FN3O2S. The van der Waals surface area contributed by atoms with Gasteiger partial charge in [0.2, 0.25) is 0 Å². The molecule has 0 radical (unpaired) electrons. The summed E-state index contributed by atoms with van der Waals surface area (Å²) in [5.41, 5.74) is 3.15. The highest BCUT2D eigenvalue weighted by Crippen LogP contribution is 2.24. The number of aromatic nitrogens is 2. The van der Waals surface area contributed by atoms with Crippen LogP contribution >= 0.6 is 0 Å². The van der Waals surface area contributed by atoms with Crippen molar-refractivity contribution in [1.82, 2.24) is 9.78 Å². The van der Waals surface area contributed by atoms with Crippen molar-refractivity contribution in [3.63, 3.8) is 0 Å². The molecule has 5 nitrogen and oxygen atoms in total. The zero-order chi connectivity index (χ0) is 19.6. The zero-order valence-electron chi connectivity index (χ0n) is 15.5. The third-order valence-electron chi connectivity index (χ3n) is 4.54. The van der Waals surface area contributed by atoms with Crippen LogP contribution in [0.3, 0.4) is 0 Å². The van der Waals surface area contributed by atoms with Crippen LogP contribution in [0.2, 0.25) is 0 Å². The van der Waals surface area contributed by atoms with Gasteiger partial charge in [-0.15, -0.1) is 0 Å². The third-order valence-corrected chi connectivity index (χ3v) is 5.90. The molecule has 1 aromatic heterocycles. The Morgan fingerprint density at radius 3 is 2.37 bits per heavy atom. The lowest BCUT2D eigenvalue weighted by Gasteiger charge is -2.10. The Hall–Kier alpha value is -2.67. The number of nitrogens with one attached hydrogen (secondary N) is 1. The second-order valence-corrected chi connectivity index (χ2v) is 8.08. The van der Waals surface area contributed by atoms with E-state index < -0.39 is 10.0 Å². The molecule has 2 aromatic carbocycles. The van der Waals surface area contributed by atoms with Gasteiger partial charge >= 0.3 is 0 Å². The molecule has 0 unspecified atom stereocenters. The van der Waals surface area contributed by atoms with Crippen molar-refractivity contribution < 1.29 is 12.8 Å². The molecule has 0 saturated heterocycles. The highest BCUT2D eigenvalue weighted by atomic mass is 32.2. The first-order valence-electron chi connectivity index (χ1n) is 8.71. The van der Waals surface area contributed by atoms with Gasteiger partial charge in [0, 0.05) is 5.56 Å². The van der Waals surface area contributed by atoms with Gasteiger partial charge in [0.15, 0.2) is 0 Å². The van der Waals surface area contributed by atoms with E-state index in [1.165, 1.54) is 6.07 Å². The predicted molar refractivity (Wildman–Crippen MR) is 104 cm³/mol. The summed E-state index contributed by atoms with van der Waals surface area (Å²) in [6.07, 6.45) is 0.842. The maximum absolute atomic E-state index is 13.9. The molecule has 0 aliphatic carbocycles. The van der Waals surface area contributed by atoms with Gasteiger partial charge in [-0.1, -0.05) is 37.3 Å². The molecular weight excluding hydrogens is 365 g/mol. The molecule has 0 saturated carbocycles. The van der Waals surface area contributed by atoms with Crippen molar-refractivity contribution >= 4 is 15.7 Å². The highest BCUT2D eigenvalue weighted by molar-refractivity contribution is 7.92. The maximum atomic E-state index is 13.9. The van der Waals surface area contributed by atoms with E-state index in [2.05, 4.69) is 9.82 Å². The average Bonchev–Trinajstić information content (AvgIpc) is 2.91. The molecule has 3 aromatic rings. The number of anilines is 1. The minimum atomic E-state index is -3.73. The van der Waals surface area contributed by atoms with Crippen LogP contribution in [-0.4, -0.2) is 18.2 Å². The van der Waals surface area contributed by atoms with Gasteiger partial charge in [-0.3, -0.25) is 9.40 Å². The number of sulfonamides is 1. The maximum Gasteiger partial charge on any atom is 0.262 e. The fourth-order valence-corrected chi connectivity index (χ4v) is 4.06. The molecule has 27 heavy (non-hydrogen) atoms. The molecule has 0 amide bonds. The van der Waals surface area contributed by atoms with Crippen LogP contribution in [0.4, 0.5) is 10.1 Å². The van der Waals surface area contributed by atoms with Crippen LogP contribution in [0.15, 0.2) is 53.4 Å². The molecule has 0 aliphatic rings. The van der Waals surface area contributed by atoms with Crippen molar-refractivity contribution in [2.75, 3.05) is 4.72 Å². The Kier molecular flexibility index (Phi) is 5.32. The molecule has 0 atom stereocenters. The van der Waals surface area contributed by atoms with Crippen LogP contribution in [0.5, 0.6) is 0 Å². The van der Waals surface area contributed by atoms with Gasteiger partial charge in [0.25, 0.3) is 10.0 Å². The van der Waals surface area contributed by atoms with E-state index in [9.17, 15) is 12.8 Å². The summed E-state index contributed by atoms with van der Waals surface area (Å²) >= 11 is 0. The lowest BCUT2D eigenvalue weighted by atomic mass is 10.2. The fourth-order valence-electron chi connectivity index (χ4n) is 2.88. The SMILES string of the molecule is CCc1ccc(S(=O)(=O)Nc2c(C)nn(Cc3ccccc3F)c2C)cc1. The third kappa shape index (κ3) is 4.03. The van der Waals surface area contributed by atoms with Gasteiger partial charge < -0.3 is 0 Å². The van der Waals surface area contributed by atoms with Crippen molar-refractivity contribution in [1.29, 1.82) is 0 Å². The topological polar surface area (TPSA) is 64.0 Å². The van der Waals surface area contributed by atoms with Crippen LogP contribution in [0, 0.1) is 19.7 Å². The van der Waals surface area contributed by atoms with Gasteiger partial charge in [0.1, 0.15) is 5.82 Å². The molecule has 0 spiro atoms. The first-order chi connectivity index (χ1) is 12.8. The molecule has 3 rings (SSSR count). The van der Waals surface area contributed by atoms with Gasteiger partial charge in [-0.25, -0.2) is 12.8 Å². The van der Waals surface area contributed by atoms with Crippen molar-refractivity contribution in [2.45, 2.75) is 38.6 Å². The van der Waals surface area contributed by atoms with E-state index >= 15 is 0 Å². The van der Waals surface area contributed by atoms with Crippen LogP contribution < -0.4 is 4.72 Å². The summed E-state index contributed by atoms with van der Waals surface area (Å²) in [5.74, 6) is -0.316. The lowest BCUT2D eigenvalue weighted by molar-refractivity contribution is 0.579. The summed E-state index contributed by atoms with van der Waals surface area (Å²) < 4.78 is 43.6. The first-order valence-corrected chi connectivity index (χ1v) is 10.2. The Bertz CT molecular complexity index is 1060.